The molecule has 4 rings (SSSR count). The molecule has 4 atom stereocenters. The number of nitrogens with zero attached hydrogens (tertiary/aromatic N) is 1. The monoisotopic (exact) mass is 358 g/mol. The van der Waals surface area contributed by atoms with E-state index in [4.69, 9.17) is 0 Å². The molecule has 0 spiro atoms. The number of nitrogens with one attached hydrogen (secondary N) is 1. The third-order valence-corrected chi connectivity index (χ3v) is 7.24. The molecule has 2 fully saturated rings. The van der Waals surface area contributed by atoms with Crippen LogP contribution in [0.5, 0.6) is 0 Å². The van der Waals surface area contributed by atoms with Gasteiger partial charge in [0.2, 0.25) is 11.8 Å². The van der Waals surface area contributed by atoms with E-state index in [0.29, 0.717) is 24.6 Å². The van der Waals surface area contributed by atoms with Crippen LogP contribution < -0.4 is 10.2 Å². The van der Waals surface area contributed by atoms with E-state index in [1.807, 2.05) is 24.3 Å². The van der Waals surface area contributed by atoms with Crippen molar-refractivity contribution in [3.8, 4) is 0 Å². The molecule has 4 nitrogen and oxygen atoms in total. The van der Waals surface area contributed by atoms with E-state index in [1.165, 1.54) is 25.7 Å². The van der Waals surface area contributed by atoms with Crippen molar-refractivity contribution >= 4 is 29.3 Å². The van der Waals surface area contributed by atoms with E-state index < -0.39 is 0 Å². The van der Waals surface area contributed by atoms with Crippen molar-refractivity contribution in [3.05, 3.63) is 24.3 Å². The van der Waals surface area contributed by atoms with Crippen LogP contribution in [0.2, 0.25) is 0 Å². The van der Waals surface area contributed by atoms with Gasteiger partial charge < -0.3 is 10.2 Å². The van der Waals surface area contributed by atoms with Crippen molar-refractivity contribution < 1.29 is 9.59 Å². The van der Waals surface area contributed by atoms with Crippen molar-refractivity contribution in [3.63, 3.8) is 0 Å². The van der Waals surface area contributed by atoms with Gasteiger partial charge in [-0.2, -0.15) is 0 Å². The Kier molecular flexibility index (Phi) is 4.76. The Labute approximate surface area is 153 Å². The van der Waals surface area contributed by atoms with Gasteiger partial charge in [0.1, 0.15) is 0 Å². The number of hydrogen-bond acceptors (Lipinski definition) is 3. The van der Waals surface area contributed by atoms with Gasteiger partial charge in [0, 0.05) is 23.9 Å². The number of benzene rings is 1. The minimum atomic E-state index is 0.0683. The Bertz CT molecular complexity index is 677. The molecule has 4 unspecified atom stereocenters. The molecule has 1 N–H and O–H groups in total. The Morgan fingerprint density at radius 3 is 2.92 bits per heavy atom. The number of hydrogen-bond donors (Lipinski definition) is 1. The number of para-hydroxylation sites is 1. The summed E-state index contributed by atoms with van der Waals surface area (Å²) < 4.78 is 0. The van der Waals surface area contributed by atoms with Gasteiger partial charge in [-0.25, -0.2) is 0 Å². The molecule has 0 saturated heterocycles. The molecule has 2 bridgehead atoms. The summed E-state index contributed by atoms with van der Waals surface area (Å²) in [7, 11) is 0. The first-order valence-corrected chi connectivity index (χ1v) is 10.4. The summed E-state index contributed by atoms with van der Waals surface area (Å²) in [4.78, 5) is 27.6. The highest BCUT2D eigenvalue weighted by Gasteiger charge is 2.42. The maximum Gasteiger partial charge on any atom is 0.237 e. The van der Waals surface area contributed by atoms with Crippen LogP contribution in [-0.4, -0.2) is 30.2 Å². The Hall–Kier alpha value is -1.49. The van der Waals surface area contributed by atoms with E-state index >= 15 is 0 Å². The molecule has 2 saturated carbocycles. The zero-order chi connectivity index (χ0) is 17.4. The Morgan fingerprint density at radius 1 is 1.32 bits per heavy atom. The molecule has 2 aliphatic carbocycles. The van der Waals surface area contributed by atoms with Crippen molar-refractivity contribution in [2.24, 2.45) is 17.8 Å². The van der Waals surface area contributed by atoms with E-state index in [0.717, 1.165) is 22.4 Å². The highest BCUT2D eigenvalue weighted by atomic mass is 32.2. The van der Waals surface area contributed by atoms with Crippen LogP contribution in [0.25, 0.3) is 0 Å². The van der Waals surface area contributed by atoms with Gasteiger partial charge in [-0.3, -0.25) is 9.59 Å². The lowest BCUT2D eigenvalue weighted by Crippen LogP contribution is -2.43. The molecule has 0 radical (unpaired) electrons. The largest absolute Gasteiger partial charge is 0.353 e. The molecule has 1 aromatic carbocycles. The molecule has 1 aliphatic heterocycles. The maximum atomic E-state index is 12.4. The fourth-order valence-corrected chi connectivity index (χ4v) is 5.89. The first kappa shape index (κ1) is 17.0. The summed E-state index contributed by atoms with van der Waals surface area (Å²) in [5.41, 5.74) is 0.942. The molecular formula is C20H26N2O2S. The maximum absolute atomic E-state index is 12.4. The Morgan fingerprint density at radius 2 is 2.16 bits per heavy atom. The predicted octanol–water partition coefficient (Wildman–Crippen LogP) is 3.46. The number of anilines is 1. The molecule has 5 heteroatoms. The number of rotatable bonds is 5. The molecule has 1 heterocycles. The van der Waals surface area contributed by atoms with Crippen LogP contribution in [0.4, 0.5) is 5.69 Å². The number of carbonyl (C=O) groups excluding carboxylic acids is 2. The van der Waals surface area contributed by atoms with Crippen LogP contribution >= 0.6 is 11.8 Å². The molecule has 134 valence electrons. The average Bonchev–Trinajstić information content (AvgIpc) is 3.24. The summed E-state index contributed by atoms with van der Waals surface area (Å²) in [6, 6.07) is 8.19. The van der Waals surface area contributed by atoms with Crippen molar-refractivity contribution in [2.75, 3.05) is 17.2 Å². The molecule has 1 aromatic rings. The summed E-state index contributed by atoms with van der Waals surface area (Å²) in [6.45, 7) is 2.62. The van der Waals surface area contributed by atoms with Gasteiger partial charge >= 0.3 is 0 Å². The van der Waals surface area contributed by atoms with Crippen LogP contribution in [0.3, 0.4) is 0 Å². The van der Waals surface area contributed by atoms with Crippen molar-refractivity contribution in [1.82, 2.24) is 5.32 Å². The lowest BCUT2D eigenvalue weighted by Gasteiger charge is -2.30. The van der Waals surface area contributed by atoms with Crippen LogP contribution in [-0.2, 0) is 9.59 Å². The first-order valence-electron chi connectivity index (χ1n) is 9.43. The Balaban J connectivity index is 1.32. The minimum absolute atomic E-state index is 0.0683. The fourth-order valence-electron chi connectivity index (χ4n) is 4.95. The van der Waals surface area contributed by atoms with Crippen LogP contribution in [0, 0.1) is 17.8 Å². The number of thioether (sulfide) groups is 1. The molecule has 2 amide bonds. The molecular weight excluding hydrogens is 332 g/mol. The second kappa shape index (κ2) is 7.02. The van der Waals surface area contributed by atoms with E-state index in [2.05, 4.69) is 12.2 Å². The average molecular weight is 359 g/mol. The summed E-state index contributed by atoms with van der Waals surface area (Å²) in [5, 5.41) is 3.20. The third-order valence-electron chi connectivity index (χ3n) is 6.19. The zero-order valence-electron chi connectivity index (χ0n) is 14.7. The summed E-state index contributed by atoms with van der Waals surface area (Å²) >= 11 is 1.58. The second-order valence-electron chi connectivity index (χ2n) is 7.75. The highest BCUT2D eigenvalue weighted by molar-refractivity contribution is 8.00. The topological polar surface area (TPSA) is 49.4 Å². The summed E-state index contributed by atoms with van der Waals surface area (Å²) in [5.74, 6) is 2.98. The van der Waals surface area contributed by atoms with Crippen molar-refractivity contribution in [2.45, 2.75) is 50.0 Å². The molecule has 25 heavy (non-hydrogen) atoms. The van der Waals surface area contributed by atoms with Gasteiger partial charge in [0.15, 0.2) is 0 Å². The zero-order valence-corrected chi connectivity index (χ0v) is 15.6. The molecule has 3 aliphatic rings. The SMILES string of the molecule is CC(NC(=O)CCN1C(=O)CSc2ccccc21)C1CC2CCC1C2. The number of amides is 2. The van der Waals surface area contributed by atoms with Gasteiger partial charge in [0.05, 0.1) is 11.4 Å². The first-order chi connectivity index (χ1) is 12.1. The highest BCUT2D eigenvalue weighted by Crippen LogP contribution is 2.49. The van der Waals surface area contributed by atoms with Gasteiger partial charge in [-0.15, -0.1) is 11.8 Å². The number of carbonyl (C=O) groups is 2. The van der Waals surface area contributed by atoms with E-state index in [1.54, 1.807) is 16.7 Å². The number of fused-ring (bicyclic) bond motifs is 3. The smallest absolute Gasteiger partial charge is 0.237 e. The van der Waals surface area contributed by atoms with E-state index in [9.17, 15) is 9.59 Å². The molecule has 0 aromatic heterocycles. The van der Waals surface area contributed by atoms with Gasteiger partial charge in [-0.05, 0) is 56.1 Å². The van der Waals surface area contributed by atoms with Gasteiger partial charge in [0.25, 0.3) is 0 Å². The summed E-state index contributed by atoms with van der Waals surface area (Å²) in [6.07, 6.45) is 5.74. The van der Waals surface area contributed by atoms with Gasteiger partial charge in [-0.1, -0.05) is 18.6 Å². The second-order valence-corrected chi connectivity index (χ2v) is 8.76. The quantitative estimate of drug-likeness (QED) is 0.877. The van der Waals surface area contributed by atoms with Crippen LogP contribution in [0.1, 0.15) is 39.0 Å². The lowest BCUT2D eigenvalue weighted by molar-refractivity contribution is -0.122. The predicted molar refractivity (Wildman–Crippen MR) is 101 cm³/mol. The van der Waals surface area contributed by atoms with Crippen molar-refractivity contribution in [1.29, 1.82) is 0 Å². The third kappa shape index (κ3) is 3.43. The minimum Gasteiger partial charge on any atom is -0.353 e. The van der Waals surface area contributed by atoms with E-state index in [-0.39, 0.29) is 17.9 Å². The fraction of sp³-hybridized carbons (Fsp3) is 0.600. The van der Waals surface area contributed by atoms with Crippen LogP contribution in [0.15, 0.2) is 29.2 Å². The normalized spacial score (nSPS) is 28.8. The standard InChI is InChI=1S/C20H26N2O2S/c1-13(16-11-14-6-7-15(16)10-14)21-19(23)8-9-22-17-4-2-3-5-18(17)25-12-20(22)24/h2-5,13-16H,6-12H2,1H3,(H,21,23). The lowest BCUT2D eigenvalue weighted by atomic mass is 9.84.